The maximum absolute atomic E-state index is 13.0. The molecular weight excluding hydrogens is 376 g/mol. The van der Waals surface area contributed by atoms with Gasteiger partial charge >= 0.3 is 0 Å². The van der Waals surface area contributed by atoms with Gasteiger partial charge in [0.25, 0.3) is 5.91 Å². The second-order valence-electron chi connectivity index (χ2n) is 8.08. The molecule has 0 radical (unpaired) electrons. The predicted octanol–water partition coefficient (Wildman–Crippen LogP) is 3.34. The first kappa shape index (κ1) is 19.9. The van der Waals surface area contributed by atoms with E-state index >= 15 is 0 Å². The van der Waals surface area contributed by atoms with E-state index in [-0.39, 0.29) is 11.8 Å². The van der Waals surface area contributed by atoms with Crippen molar-refractivity contribution in [3.05, 3.63) is 77.6 Å². The van der Waals surface area contributed by atoms with Crippen LogP contribution in [0.5, 0.6) is 0 Å². The number of nitrogens with zero attached hydrogens (tertiary/aromatic N) is 2. The van der Waals surface area contributed by atoms with Gasteiger partial charge in [0, 0.05) is 18.8 Å². The van der Waals surface area contributed by atoms with Gasteiger partial charge in [-0.05, 0) is 42.9 Å². The first-order chi connectivity index (χ1) is 14.5. The molecule has 2 amide bonds. The molecule has 1 atom stereocenters. The van der Waals surface area contributed by atoms with Crippen LogP contribution in [-0.4, -0.2) is 40.0 Å². The lowest BCUT2D eigenvalue weighted by atomic mass is 9.73. The second-order valence-corrected chi connectivity index (χ2v) is 8.08. The molecule has 4 rings (SSSR count). The highest BCUT2D eigenvalue weighted by Gasteiger charge is 2.43. The number of rotatable bonds is 5. The van der Waals surface area contributed by atoms with Crippen molar-refractivity contribution in [1.29, 1.82) is 0 Å². The largest absolute Gasteiger partial charge is 0.369 e. The van der Waals surface area contributed by atoms with Gasteiger partial charge in [0.2, 0.25) is 5.91 Å². The summed E-state index contributed by atoms with van der Waals surface area (Å²) in [5.41, 5.74) is 9.69. The fraction of sp³-hybridized carbons (Fsp3) is 0.292. The van der Waals surface area contributed by atoms with Crippen molar-refractivity contribution < 1.29 is 9.59 Å². The van der Waals surface area contributed by atoms with Crippen LogP contribution in [0, 0.1) is 12.3 Å². The maximum Gasteiger partial charge on any atom is 0.257 e. The van der Waals surface area contributed by atoms with E-state index in [1.54, 1.807) is 11.1 Å². The number of aryl methyl sites for hydroxylation is 1. The molecule has 1 unspecified atom stereocenters. The summed E-state index contributed by atoms with van der Waals surface area (Å²) in [5, 5.41) is 6.77. The molecule has 1 fully saturated rings. The summed E-state index contributed by atoms with van der Waals surface area (Å²) < 4.78 is 0. The van der Waals surface area contributed by atoms with Gasteiger partial charge in [-0.25, -0.2) is 0 Å². The number of benzene rings is 2. The molecule has 0 aliphatic carbocycles. The third-order valence-electron chi connectivity index (χ3n) is 6.08. The summed E-state index contributed by atoms with van der Waals surface area (Å²) in [6, 6.07) is 18.2. The van der Waals surface area contributed by atoms with Crippen LogP contribution in [0.1, 0.15) is 34.5 Å². The predicted molar refractivity (Wildman–Crippen MR) is 116 cm³/mol. The minimum absolute atomic E-state index is 0.108. The zero-order valence-corrected chi connectivity index (χ0v) is 17.1. The summed E-state index contributed by atoms with van der Waals surface area (Å²) in [4.78, 5) is 27.5. The van der Waals surface area contributed by atoms with Crippen LogP contribution in [-0.2, 0) is 11.2 Å². The topological polar surface area (TPSA) is 92.1 Å². The number of primary amides is 1. The number of carbonyl (C=O) groups is 2. The van der Waals surface area contributed by atoms with Crippen molar-refractivity contribution in [2.75, 3.05) is 13.1 Å². The Balaban J connectivity index is 1.65. The summed E-state index contributed by atoms with van der Waals surface area (Å²) in [6.45, 7) is 2.75. The van der Waals surface area contributed by atoms with E-state index in [1.807, 2.05) is 43.3 Å². The van der Waals surface area contributed by atoms with Crippen LogP contribution in [0.2, 0.25) is 0 Å². The molecule has 0 bridgehead atoms. The van der Waals surface area contributed by atoms with Gasteiger partial charge in [0.15, 0.2) is 0 Å². The molecule has 0 spiro atoms. The molecule has 0 saturated carbocycles. The van der Waals surface area contributed by atoms with Gasteiger partial charge in [0.1, 0.15) is 0 Å². The maximum atomic E-state index is 13.0. The van der Waals surface area contributed by atoms with Crippen LogP contribution in [0.4, 0.5) is 0 Å². The second kappa shape index (κ2) is 8.14. The van der Waals surface area contributed by atoms with Crippen molar-refractivity contribution in [1.82, 2.24) is 15.1 Å². The van der Waals surface area contributed by atoms with Crippen LogP contribution < -0.4 is 5.73 Å². The lowest BCUT2D eigenvalue weighted by Gasteiger charge is -2.41. The van der Waals surface area contributed by atoms with Crippen molar-refractivity contribution in [2.24, 2.45) is 11.1 Å². The van der Waals surface area contributed by atoms with Gasteiger partial charge in [-0.1, -0.05) is 54.6 Å². The highest BCUT2D eigenvalue weighted by Crippen LogP contribution is 2.37. The zero-order valence-electron chi connectivity index (χ0n) is 17.1. The van der Waals surface area contributed by atoms with E-state index in [0.29, 0.717) is 31.5 Å². The Morgan fingerprint density at radius 3 is 2.57 bits per heavy atom. The molecular formula is C24H26N4O2. The van der Waals surface area contributed by atoms with E-state index in [2.05, 4.69) is 28.4 Å². The lowest BCUT2D eigenvalue weighted by Crippen LogP contribution is -2.53. The monoisotopic (exact) mass is 402 g/mol. The highest BCUT2D eigenvalue weighted by molar-refractivity contribution is 5.95. The Hall–Kier alpha value is -3.41. The molecule has 3 aromatic rings. The van der Waals surface area contributed by atoms with Crippen LogP contribution >= 0.6 is 0 Å². The van der Waals surface area contributed by atoms with Crippen molar-refractivity contribution in [2.45, 2.75) is 26.2 Å². The van der Waals surface area contributed by atoms with E-state index in [9.17, 15) is 9.59 Å². The molecule has 2 heterocycles. The Bertz CT molecular complexity index is 1060. The van der Waals surface area contributed by atoms with E-state index in [4.69, 9.17) is 5.73 Å². The van der Waals surface area contributed by atoms with Crippen LogP contribution in [0.25, 0.3) is 11.1 Å². The Morgan fingerprint density at radius 2 is 1.87 bits per heavy atom. The number of carbonyl (C=O) groups excluding carboxylic acids is 2. The molecule has 154 valence electrons. The first-order valence-corrected chi connectivity index (χ1v) is 10.2. The zero-order chi connectivity index (χ0) is 21.1. The number of hydrogen-bond acceptors (Lipinski definition) is 3. The van der Waals surface area contributed by atoms with Crippen LogP contribution in [0.3, 0.4) is 0 Å². The van der Waals surface area contributed by atoms with Gasteiger partial charge < -0.3 is 10.6 Å². The van der Waals surface area contributed by atoms with E-state index in [0.717, 1.165) is 28.8 Å². The number of nitrogens with one attached hydrogen (secondary N) is 1. The smallest absolute Gasteiger partial charge is 0.257 e. The number of likely N-dealkylation sites (tertiary alicyclic amines) is 1. The minimum Gasteiger partial charge on any atom is -0.369 e. The molecule has 2 aromatic carbocycles. The molecule has 1 aliphatic heterocycles. The lowest BCUT2D eigenvalue weighted by molar-refractivity contribution is -0.130. The van der Waals surface area contributed by atoms with Gasteiger partial charge in [-0.2, -0.15) is 5.10 Å². The van der Waals surface area contributed by atoms with Crippen molar-refractivity contribution in [3.63, 3.8) is 0 Å². The number of amides is 2. The van der Waals surface area contributed by atoms with E-state index in [1.165, 1.54) is 0 Å². The Labute approximate surface area is 176 Å². The molecule has 6 nitrogen and oxygen atoms in total. The molecule has 3 N–H and O–H groups in total. The van der Waals surface area contributed by atoms with Crippen molar-refractivity contribution in [3.8, 4) is 11.1 Å². The first-order valence-electron chi connectivity index (χ1n) is 10.2. The average molecular weight is 402 g/mol. The summed E-state index contributed by atoms with van der Waals surface area (Å²) in [5.74, 6) is -0.463. The Morgan fingerprint density at radius 1 is 1.13 bits per heavy atom. The molecule has 1 aliphatic rings. The quantitative estimate of drug-likeness (QED) is 0.686. The SMILES string of the molecule is Cc1[nH]ncc1C(=O)N1CCCC(Cc2ccccc2-c2ccccc2)(C(N)=O)C1. The number of aromatic nitrogens is 2. The van der Waals surface area contributed by atoms with Gasteiger partial charge in [-0.3, -0.25) is 14.7 Å². The number of piperidine rings is 1. The van der Waals surface area contributed by atoms with Gasteiger partial charge in [0.05, 0.1) is 17.2 Å². The van der Waals surface area contributed by atoms with Crippen molar-refractivity contribution >= 4 is 11.8 Å². The Kier molecular flexibility index (Phi) is 5.40. The van der Waals surface area contributed by atoms with E-state index < -0.39 is 5.41 Å². The molecule has 1 aromatic heterocycles. The fourth-order valence-electron chi connectivity index (χ4n) is 4.41. The standard InChI is InChI=1S/C24H26N4O2/c1-17-21(15-26-27-17)22(29)28-13-7-12-24(16-28,23(25)30)14-19-10-5-6-11-20(19)18-8-3-2-4-9-18/h2-6,8-11,15H,7,12-14,16H2,1H3,(H2,25,30)(H,26,27). The molecule has 6 heteroatoms. The average Bonchev–Trinajstić information content (AvgIpc) is 3.20. The van der Waals surface area contributed by atoms with Crippen LogP contribution in [0.15, 0.2) is 60.8 Å². The summed E-state index contributed by atoms with van der Waals surface area (Å²) in [6.07, 6.45) is 3.45. The van der Waals surface area contributed by atoms with Gasteiger partial charge in [-0.15, -0.1) is 0 Å². The molecule has 1 saturated heterocycles. The normalized spacial score (nSPS) is 18.9. The minimum atomic E-state index is -0.795. The third-order valence-corrected chi connectivity index (χ3v) is 6.08. The third kappa shape index (κ3) is 3.73. The summed E-state index contributed by atoms with van der Waals surface area (Å²) in [7, 11) is 0. The summed E-state index contributed by atoms with van der Waals surface area (Å²) >= 11 is 0. The fourth-order valence-corrected chi connectivity index (χ4v) is 4.41. The number of aromatic amines is 1. The number of H-pyrrole nitrogens is 1. The highest BCUT2D eigenvalue weighted by atomic mass is 16.2. The molecule has 30 heavy (non-hydrogen) atoms. The number of nitrogens with two attached hydrogens (primary N) is 1. The number of hydrogen-bond donors (Lipinski definition) is 2.